The van der Waals surface area contributed by atoms with Crippen LogP contribution >= 0.6 is 0 Å². The third-order valence-electron chi connectivity index (χ3n) is 2.54. The number of aromatic amines is 1. The molecule has 1 heterocycles. The molecular weight excluding hydrogens is 262 g/mol. The van der Waals surface area contributed by atoms with Crippen molar-refractivity contribution < 1.29 is 14.7 Å². The molecule has 7 heteroatoms. The maximum atomic E-state index is 11.9. The molecule has 0 atom stereocenters. The Morgan fingerprint density at radius 2 is 1.95 bits per heavy atom. The first kappa shape index (κ1) is 13.3. The first-order valence-electron chi connectivity index (χ1n) is 5.61. The van der Waals surface area contributed by atoms with Crippen molar-refractivity contribution in [1.82, 2.24) is 4.98 Å². The number of amides is 1. The summed E-state index contributed by atoms with van der Waals surface area (Å²) in [6.45, 7) is 0. The first-order chi connectivity index (χ1) is 9.47. The van der Waals surface area contributed by atoms with Crippen LogP contribution in [-0.4, -0.2) is 22.0 Å². The topological polar surface area (TPSA) is 125 Å². The average Bonchev–Trinajstić information content (AvgIpc) is 2.38. The van der Waals surface area contributed by atoms with Gasteiger partial charge in [0.05, 0.1) is 11.3 Å². The molecule has 0 saturated heterocycles. The molecule has 0 radical (unpaired) electrons. The molecule has 0 bridgehead atoms. The third-order valence-corrected chi connectivity index (χ3v) is 2.54. The molecule has 7 nitrogen and oxygen atoms in total. The molecule has 20 heavy (non-hydrogen) atoms. The highest BCUT2D eigenvalue weighted by Gasteiger charge is 2.14. The third kappa shape index (κ3) is 2.83. The highest BCUT2D eigenvalue weighted by atomic mass is 16.4. The van der Waals surface area contributed by atoms with Gasteiger partial charge < -0.3 is 21.1 Å². The fraction of sp³-hybridized carbons (Fsp3) is 0. The lowest BCUT2D eigenvalue weighted by atomic mass is 10.1. The smallest absolute Gasteiger partial charge is 0.337 e. The number of aromatic carboxylic acids is 1. The zero-order valence-electron chi connectivity index (χ0n) is 10.2. The van der Waals surface area contributed by atoms with Gasteiger partial charge in [-0.25, -0.2) is 4.79 Å². The molecule has 0 fully saturated rings. The van der Waals surface area contributed by atoms with Crippen LogP contribution in [0.25, 0.3) is 0 Å². The van der Waals surface area contributed by atoms with E-state index < -0.39 is 17.4 Å². The van der Waals surface area contributed by atoms with Crippen LogP contribution in [-0.2, 0) is 0 Å². The Kier molecular flexibility index (Phi) is 3.52. The molecule has 5 N–H and O–H groups in total. The molecule has 1 aromatic carbocycles. The zero-order valence-corrected chi connectivity index (χ0v) is 10.2. The SMILES string of the molecule is Nc1ccc(C(=O)O)c(NC(=O)c2cccc(=O)[nH]2)c1. The van der Waals surface area contributed by atoms with E-state index in [1.54, 1.807) is 0 Å². The number of carboxylic acids is 1. The van der Waals surface area contributed by atoms with E-state index >= 15 is 0 Å². The van der Waals surface area contributed by atoms with Crippen LogP contribution in [0.15, 0.2) is 41.2 Å². The summed E-state index contributed by atoms with van der Waals surface area (Å²) in [6, 6.07) is 8.14. The summed E-state index contributed by atoms with van der Waals surface area (Å²) in [4.78, 5) is 36.5. The lowest BCUT2D eigenvalue weighted by molar-refractivity contribution is 0.0698. The molecule has 0 aliphatic heterocycles. The summed E-state index contributed by atoms with van der Waals surface area (Å²) in [7, 11) is 0. The molecule has 2 rings (SSSR count). The summed E-state index contributed by atoms with van der Waals surface area (Å²) < 4.78 is 0. The first-order valence-corrected chi connectivity index (χ1v) is 5.61. The normalized spacial score (nSPS) is 10.0. The van der Waals surface area contributed by atoms with Crippen molar-refractivity contribution >= 4 is 23.3 Å². The number of benzene rings is 1. The Bertz CT molecular complexity index is 736. The zero-order chi connectivity index (χ0) is 14.7. The molecule has 0 aliphatic carbocycles. The van der Waals surface area contributed by atoms with Crippen molar-refractivity contribution in [2.45, 2.75) is 0 Å². The Balaban J connectivity index is 2.34. The molecule has 0 saturated carbocycles. The molecule has 1 aromatic heterocycles. The fourth-order valence-corrected chi connectivity index (χ4v) is 1.62. The number of H-pyrrole nitrogens is 1. The van der Waals surface area contributed by atoms with Gasteiger partial charge in [0, 0.05) is 11.8 Å². The summed E-state index contributed by atoms with van der Waals surface area (Å²) in [6.07, 6.45) is 0. The molecule has 0 spiro atoms. The standard InChI is InChI=1S/C13H11N3O4/c14-7-4-5-8(13(19)20)10(6-7)16-12(18)9-2-1-3-11(17)15-9/h1-6H,14H2,(H,15,17)(H,16,18)(H,19,20). The summed E-state index contributed by atoms with van der Waals surface area (Å²) in [5, 5.41) is 11.4. The van der Waals surface area contributed by atoms with E-state index in [1.807, 2.05) is 0 Å². The number of carbonyl (C=O) groups is 2. The van der Waals surface area contributed by atoms with E-state index in [4.69, 9.17) is 10.8 Å². The summed E-state index contributed by atoms with van der Waals surface area (Å²) in [5.41, 5.74) is 5.44. The Morgan fingerprint density at radius 1 is 1.20 bits per heavy atom. The second-order valence-electron chi connectivity index (χ2n) is 3.99. The van der Waals surface area contributed by atoms with E-state index in [1.165, 1.54) is 36.4 Å². The van der Waals surface area contributed by atoms with Gasteiger partial charge in [0.1, 0.15) is 5.69 Å². The van der Waals surface area contributed by atoms with Gasteiger partial charge in [-0.1, -0.05) is 6.07 Å². The molecule has 0 aliphatic rings. The van der Waals surface area contributed by atoms with E-state index in [0.717, 1.165) is 0 Å². The van der Waals surface area contributed by atoms with Gasteiger partial charge in [0.15, 0.2) is 0 Å². The van der Waals surface area contributed by atoms with E-state index in [2.05, 4.69) is 10.3 Å². The monoisotopic (exact) mass is 273 g/mol. The van der Waals surface area contributed by atoms with Crippen LogP contribution in [0.4, 0.5) is 11.4 Å². The Labute approximate surface area is 113 Å². The summed E-state index contributed by atoms with van der Waals surface area (Å²) in [5.74, 6) is -1.82. The molecule has 0 unspecified atom stereocenters. The minimum Gasteiger partial charge on any atom is -0.478 e. The summed E-state index contributed by atoms with van der Waals surface area (Å²) >= 11 is 0. The second-order valence-corrected chi connectivity index (χ2v) is 3.99. The van der Waals surface area contributed by atoms with Crippen LogP contribution in [0.2, 0.25) is 0 Å². The number of nitrogens with one attached hydrogen (secondary N) is 2. The molecule has 102 valence electrons. The van der Waals surface area contributed by atoms with Crippen molar-refractivity contribution in [2.24, 2.45) is 0 Å². The minimum atomic E-state index is -1.19. The lowest BCUT2D eigenvalue weighted by Crippen LogP contribution is -2.19. The van der Waals surface area contributed by atoms with Crippen molar-refractivity contribution in [1.29, 1.82) is 0 Å². The Morgan fingerprint density at radius 3 is 2.60 bits per heavy atom. The number of carboxylic acid groups (broad SMARTS) is 1. The van der Waals surface area contributed by atoms with Gasteiger partial charge in [-0.2, -0.15) is 0 Å². The van der Waals surface area contributed by atoms with E-state index in [-0.39, 0.29) is 16.9 Å². The van der Waals surface area contributed by atoms with Crippen LogP contribution in [0.3, 0.4) is 0 Å². The number of hydrogen-bond donors (Lipinski definition) is 4. The molecule has 2 aromatic rings. The molecule has 1 amide bonds. The van der Waals surface area contributed by atoms with Crippen molar-refractivity contribution in [3.63, 3.8) is 0 Å². The van der Waals surface area contributed by atoms with Gasteiger partial charge in [0.2, 0.25) is 5.56 Å². The van der Waals surface area contributed by atoms with Gasteiger partial charge in [0.25, 0.3) is 5.91 Å². The average molecular weight is 273 g/mol. The number of rotatable bonds is 3. The van der Waals surface area contributed by atoms with Gasteiger partial charge >= 0.3 is 5.97 Å². The number of anilines is 2. The number of nitrogen functional groups attached to an aromatic ring is 1. The Hall–Kier alpha value is -3.09. The van der Waals surface area contributed by atoms with Crippen LogP contribution in [0, 0.1) is 0 Å². The minimum absolute atomic E-state index is 0.0243. The predicted molar refractivity (Wildman–Crippen MR) is 72.8 cm³/mol. The van der Waals surface area contributed by atoms with Crippen molar-refractivity contribution in [2.75, 3.05) is 11.1 Å². The van der Waals surface area contributed by atoms with Crippen LogP contribution in [0.5, 0.6) is 0 Å². The highest BCUT2D eigenvalue weighted by Crippen LogP contribution is 2.19. The van der Waals surface area contributed by atoms with E-state index in [0.29, 0.717) is 5.69 Å². The molecular formula is C13H11N3O4. The largest absolute Gasteiger partial charge is 0.478 e. The van der Waals surface area contributed by atoms with Crippen molar-refractivity contribution in [3.8, 4) is 0 Å². The van der Waals surface area contributed by atoms with Gasteiger partial charge in [-0.3, -0.25) is 9.59 Å². The fourth-order valence-electron chi connectivity index (χ4n) is 1.62. The van der Waals surface area contributed by atoms with Crippen molar-refractivity contribution in [3.05, 3.63) is 58.0 Å². The number of hydrogen-bond acceptors (Lipinski definition) is 4. The number of carbonyl (C=O) groups excluding carboxylic acids is 1. The van der Waals surface area contributed by atoms with Crippen LogP contribution < -0.4 is 16.6 Å². The van der Waals surface area contributed by atoms with Crippen LogP contribution in [0.1, 0.15) is 20.8 Å². The number of aromatic nitrogens is 1. The maximum absolute atomic E-state index is 11.9. The van der Waals surface area contributed by atoms with Gasteiger partial charge in [-0.15, -0.1) is 0 Å². The maximum Gasteiger partial charge on any atom is 0.337 e. The second kappa shape index (κ2) is 5.27. The number of pyridine rings is 1. The number of nitrogens with two attached hydrogens (primary N) is 1. The lowest BCUT2D eigenvalue weighted by Gasteiger charge is -2.09. The van der Waals surface area contributed by atoms with Gasteiger partial charge in [-0.05, 0) is 24.3 Å². The highest BCUT2D eigenvalue weighted by molar-refractivity contribution is 6.07. The quantitative estimate of drug-likeness (QED) is 0.618. The van der Waals surface area contributed by atoms with E-state index in [9.17, 15) is 14.4 Å². The predicted octanol–water partition coefficient (Wildman–Crippen LogP) is 0.908.